The maximum Gasteiger partial charge on any atom is 0.0440 e. The average molecular weight is 687 g/mol. The molecule has 0 atom stereocenters. The first-order valence-electron chi connectivity index (χ1n) is 18.3. The molecule has 0 aliphatic carbocycles. The van der Waals surface area contributed by atoms with Gasteiger partial charge in [-0.2, -0.15) is 0 Å². The van der Waals surface area contributed by atoms with Gasteiger partial charge in [0.25, 0.3) is 0 Å². The van der Waals surface area contributed by atoms with Gasteiger partial charge in [0.15, 0.2) is 0 Å². The first-order valence-corrected chi connectivity index (χ1v) is 19.2. The van der Waals surface area contributed by atoms with Crippen LogP contribution in [0.4, 0.5) is 0 Å². The zero-order chi connectivity index (χ0) is 34.6. The van der Waals surface area contributed by atoms with E-state index in [2.05, 4.69) is 182 Å². The molecule has 0 fully saturated rings. The van der Waals surface area contributed by atoms with Crippen LogP contribution in [0.5, 0.6) is 0 Å². The van der Waals surface area contributed by atoms with Crippen LogP contribution in [-0.2, 0) is 0 Å². The topological polar surface area (TPSA) is 0 Å². The smallest absolute Gasteiger partial charge is 0.0440 e. The summed E-state index contributed by atoms with van der Waals surface area (Å²) in [4.78, 5) is 0. The van der Waals surface area contributed by atoms with Crippen molar-refractivity contribution in [3.8, 4) is 22.3 Å². The highest BCUT2D eigenvalue weighted by Gasteiger charge is 2.21. The van der Waals surface area contributed by atoms with E-state index in [9.17, 15) is 0 Å². The Morgan fingerprint density at radius 1 is 0.283 bits per heavy atom. The molecule has 12 rings (SSSR count). The van der Waals surface area contributed by atoms with Crippen molar-refractivity contribution in [2.24, 2.45) is 0 Å². The maximum atomic E-state index is 2.47. The molecule has 0 saturated carbocycles. The monoisotopic (exact) mass is 686 g/mol. The summed E-state index contributed by atoms with van der Waals surface area (Å²) in [6, 6.07) is 67.9. The molecule has 12 aromatic rings. The van der Waals surface area contributed by atoms with Crippen molar-refractivity contribution in [1.29, 1.82) is 0 Å². The number of fused-ring (bicyclic) bond motifs is 15. The molecule has 0 N–H and O–H groups in total. The van der Waals surface area contributed by atoms with Crippen LogP contribution in [0.2, 0.25) is 0 Å². The van der Waals surface area contributed by atoms with Crippen LogP contribution < -0.4 is 0 Å². The molecule has 0 amide bonds. The largest absolute Gasteiger partial charge is 0.135 e. The predicted octanol–water partition coefficient (Wildman–Crippen LogP) is 15.5. The van der Waals surface area contributed by atoms with E-state index >= 15 is 0 Å². The standard InChI is InChI=1S/C52H30S/c1-2-14-34-31(13-1)25-26-32-29-45(37-17-4-6-18-38(37)48(32)34)50-42-22-10-8-20-40(42)49(41-21-9-11-23-43(41)50)33-27-28-47-46(30-33)51-39-19-7-3-15-35(39)36-16-5-12-24-44(36)52(51)53-47/h1-30H. The van der Waals surface area contributed by atoms with Gasteiger partial charge in [0.1, 0.15) is 0 Å². The zero-order valence-corrected chi connectivity index (χ0v) is 29.5. The summed E-state index contributed by atoms with van der Waals surface area (Å²) >= 11 is 1.92. The van der Waals surface area contributed by atoms with Gasteiger partial charge in [-0.3, -0.25) is 0 Å². The normalized spacial score (nSPS) is 12.2. The molecule has 0 unspecified atom stereocenters. The molecule has 244 valence electrons. The van der Waals surface area contributed by atoms with Crippen LogP contribution >= 0.6 is 11.3 Å². The summed E-state index contributed by atoms with van der Waals surface area (Å²) in [5, 5.41) is 20.8. The molecule has 1 heteroatoms. The van der Waals surface area contributed by atoms with E-state index in [0.717, 1.165) is 0 Å². The van der Waals surface area contributed by atoms with E-state index in [1.807, 2.05) is 11.3 Å². The molecular formula is C52H30S. The molecule has 0 spiro atoms. The number of hydrogen-bond donors (Lipinski definition) is 0. The highest BCUT2D eigenvalue weighted by atomic mass is 32.1. The van der Waals surface area contributed by atoms with Crippen LogP contribution in [-0.4, -0.2) is 0 Å². The van der Waals surface area contributed by atoms with Crippen molar-refractivity contribution < 1.29 is 0 Å². The highest BCUT2D eigenvalue weighted by Crippen LogP contribution is 2.49. The minimum absolute atomic E-state index is 1.25. The Morgan fingerprint density at radius 2 is 0.774 bits per heavy atom. The lowest BCUT2D eigenvalue weighted by Gasteiger charge is -2.20. The lowest BCUT2D eigenvalue weighted by molar-refractivity contribution is 1.70. The molecule has 0 aliphatic rings. The van der Waals surface area contributed by atoms with Crippen LogP contribution in [0.15, 0.2) is 182 Å². The van der Waals surface area contributed by atoms with Gasteiger partial charge in [-0.05, 0) is 110 Å². The van der Waals surface area contributed by atoms with Gasteiger partial charge in [0.05, 0.1) is 0 Å². The van der Waals surface area contributed by atoms with Crippen molar-refractivity contribution in [3.63, 3.8) is 0 Å². The molecule has 0 aliphatic heterocycles. The molecule has 1 aromatic heterocycles. The third-order valence-electron chi connectivity index (χ3n) is 11.6. The average Bonchev–Trinajstić information content (AvgIpc) is 3.62. The Balaban J connectivity index is 1.19. The quantitative estimate of drug-likeness (QED) is 0.125. The summed E-state index contributed by atoms with van der Waals surface area (Å²) in [6.45, 7) is 0. The van der Waals surface area contributed by atoms with Gasteiger partial charge in [0, 0.05) is 25.6 Å². The maximum absolute atomic E-state index is 2.47. The van der Waals surface area contributed by atoms with Crippen LogP contribution in [0.1, 0.15) is 0 Å². The van der Waals surface area contributed by atoms with Crippen molar-refractivity contribution in [2.75, 3.05) is 0 Å². The summed E-state index contributed by atoms with van der Waals surface area (Å²) < 4.78 is 2.69. The Hall–Kier alpha value is -6.54. The lowest BCUT2D eigenvalue weighted by atomic mass is 9.83. The Morgan fingerprint density at radius 3 is 1.45 bits per heavy atom. The van der Waals surface area contributed by atoms with Gasteiger partial charge in [-0.25, -0.2) is 0 Å². The van der Waals surface area contributed by atoms with Gasteiger partial charge in [-0.1, -0.05) is 164 Å². The third kappa shape index (κ3) is 4.06. The van der Waals surface area contributed by atoms with Crippen LogP contribution in [0, 0.1) is 0 Å². The Bertz CT molecular complexity index is 3450. The second kappa shape index (κ2) is 11.0. The summed E-state index contributed by atoms with van der Waals surface area (Å²) in [7, 11) is 0. The number of hydrogen-bond acceptors (Lipinski definition) is 1. The predicted molar refractivity (Wildman–Crippen MR) is 233 cm³/mol. The Labute approximate surface area is 309 Å². The van der Waals surface area contributed by atoms with E-state index in [-0.39, 0.29) is 0 Å². The van der Waals surface area contributed by atoms with Crippen molar-refractivity contribution >= 4 is 107 Å². The zero-order valence-electron chi connectivity index (χ0n) is 28.7. The molecule has 1 heterocycles. The minimum atomic E-state index is 1.25. The van der Waals surface area contributed by atoms with Gasteiger partial charge >= 0.3 is 0 Å². The van der Waals surface area contributed by atoms with E-state index in [1.165, 1.54) is 118 Å². The third-order valence-corrected chi connectivity index (χ3v) is 12.8. The van der Waals surface area contributed by atoms with E-state index in [1.54, 1.807) is 0 Å². The second-order valence-electron chi connectivity index (χ2n) is 14.3. The minimum Gasteiger partial charge on any atom is -0.135 e. The van der Waals surface area contributed by atoms with E-state index in [4.69, 9.17) is 0 Å². The van der Waals surface area contributed by atoms with Crippen molar-refractivity contribution in [3.05, 3.63) is 182 Å². The number of thiophene rings is 1. The summed E-state index contributed by atoms with van der Waals surface area (Å²) in [5.41, 5.74) is 5.12. The summed E-state index contributed by atoms with van der Waals surface area (Å²) in [5.74, 6) is 0. The lowest BCUT2D eigenvalue weighted by Crippen LogP contribution is -1.92. The molecule has 0 nitrogen and oxygen atoms in total. The number of rotatable bonds is 2. The molecule has 11 aromatic carbocycles. The molecule has 53 heavy (non-hydrogen) atoms. The van der Waals surface area contributed by atoms with Gasteiger partial charge in [-0.15, -0.1) is 11.3 Å². The SMILES string of the molecule is c1ccc2c(c1)ccc1cc(-c3c4ccccc4c(-c4ccc5sc6c7ccccc7c7ccccc7c6c5c4)c4ccccc34)c3ccccc3c12. The van der Waals surface area contributed by atoms with Gasteiger partial charge < -0.3 is 0 Å². The first kappa shape index (κ1) is 29.1. The fourth-order valence-electron chi connectivity index (χ4n) is 9.38. The number of benzene rings is 11. The highest BCUT2D eigenvalue weighted by molar-refractivity contribution is 7.27. The van der Waals surface area contributed by atoms with Crippen LogP contribution in [0.25, 0.3) is 118 Å². The van der Waals surface area contributed by atoms with Crippen LogP contribution in [0.3, 0.4) is 0 Å². The van der Waals surface area contributed by atoms with Crippen molar-refractivity contribution in [2.45, 2.75) is 0 Å². The fourth-order valence-corrected chi connectivity index (χ4v) is 10.6. The van der Waals surface area contributed by atoms with E-state index in [0.29, 0.717) is 0 Å². The van der Waals surface area contributed by atoms with Crippen molar-refractivity contribution in [1.82, 2.24) is 0 Å². The molecule has 0 saturated heterocycles. The first-order chi connectivity index (χ1) is 26.3. The fraction of sp³-hybridized carbons (Fsp3) is 0. The van der Waals surface area contributed by atoms with Gasteiger partial charge in [0.2, 0.25) is 0 Å². The Kier molecular flexibility index (Phi) is 6.03. The molecule has 0 bridgehead atoms. The molecular weight excluding hydrogens is 657 g/mol. The second-order valence-corrected chi connectivity index (χ2v) is 15.4. The molecule has 0 radical (unpaired) electrons. The summed E-state index contributed by atoms with van der Waals surface area (Å²) in [6.07, 6.45) is 0. The van der Waals surface area contributed by atoms with E-state index < -0.39 is 0 Å².